The Bertz CT molecular complexity index is 1400. The smallest absolute Gasteiger partial charge is 0.258 e. The fourth-order valence-electron chi connectivity index (χ4n) is 5.07. The third-order valence-electron chi connectivity index (χ3n) is 7.35. The fraction of sp³-hybridized carbons (Fsp3) is 0.250. The van der Waals surface area contributed by atoms with Crippen LogP contribution in [0.15, 0.2) is 97.3 Å². The number of carbonyl (C=O) groups excluding carboxylic acids is 2. The molecule has 0 unspecified atom stereocenters. The molecule has 8 heteroatoms. The molecule has 208 valence electrons. The number of benzene rings is 3. The molecule has 0 atom stereocenters. The van der Waals surface area contributed by atoms with E-state index in [1.54, 1.807) is 24.1 Å². The van der Waals surface area contributed by atoms with Crippen LogP contribution in [0, 0.1) is 11.7 Å². The van der Waals surface area contributed by atoms with Crippen LogP contribution in [0.25, 0.3) is 5.69 Å². The molecule has 5 rings (SSSR count). The minimum atomic E-state index is -0.339. The molecule has 0 bridgehead atoms. The Morgan fingerprint density at radius 3 is 2.20 bits per heavy atom. The van der Waals surface area contributed by atoms with Crippen LogP contribution in [0.5, 0.6) is 5.75 Å². The molecule has 0 radical (unpaired) electrons. The SMILES string of the molecule is COc1cccc(N(CCN2CCC(C(=O)c3ccc(F)cc3)CC2)C(=O)c2ccc(-n3cccc3)cc2)c1.Cl. The van der Waals surface area contributed by atoms with Crippen molar-refractivity contribution in [3.05, 3.63) is 114 Å². The van der Waals surface area contributed by atoms with E-state index in [2.05, 4.69) is 4.90 Å². The number of likely N-dealkylation sites (tertiary alicyclic amines) is 1. The molecule has 1 fully saturated rings. The number of rotatable bonds is 9. The van der Waals surface area contributed by atoms with Crippen LogP contribution in [0.4, 0.5) is 10.1 Å². The summed E-state index contributed by atoms with van der Waals surface area (Å²) >= 11 is 0. The number of amides is 1. The first-order valence-corrected chi connectivity index (χ1v) is 13.2. The van der Waals surface area contributed by atoms with Gasteiger partial charge in [0.2, 0.25) is 0 Å². The minimum absolute atomic E-state index is 0. The molecule has 3 aromatic carbocycles. The lowest BCUT2D eigenvalue weighted by molar-refractivity contribution is 0.0841. The number of anilines is 1. The highest BCUT2D eigenvalue weighted by atomic mass is 35.5. The van der Waals surface area contributed by atoms with Crippen LogP contribution in [0.3, 0.4) is 0 Å². The first-order chi connectivity index (χ1) is 19.0. The van der Waals surface area contributed by atoms with Gasteiger partial charge in [0, 0.05) is 60.0 Å². The molecule has 1 aliphatic rings. The van der Waals surface area contributed by atoms with Crippen molar-refractivity contribution >= 4 is 29.8 Å². The second-order valence-electron chi connectivity index (χ2n) is 9.78. The molecule has 0 saturated carbocycles. The Balaban J connectivity index is 0.00000370. The second kappa shape index (κ2) is 13.4. The number of ketones is 1. The number of carbonyl (C=O) groups is 2. The lowest BCUT2D eigenvalue weighted by Crippen LogP contribution is -2.42. The fourth-order valence-corrected chi connectivity index (χ4v) is 5.07. The van der Waals surface area contributed by atoms with Gasteiger partial charge in [0.25, 0.3) is 5.91 Å². The Morgan fingerprint density at radius 2 is 1.55 bits per heavy atom. The van der Waals surface area contributed by atoms with Gasteiger partial charge < -0.3 is 19.1 Å². The number of ether oxygens (including phenoxy) is 1. The van der Waals surface area contributed by atoms with Crippen molar-refractivity contribution in [2.75, 3.05) is 38.2 Å². The van der Waals surface area contributed by atoms with E-state index in [0.717, 1.165) is 37.3 Å². The van der Waals surface area contributed by atoms with Gasteiger partial charge in [-0.3, -0.25) is 9.59 Å². The maximum Gasteiger partial charge on any atom is 0.258 e. The minimum Gasteiger partial charge on any atom is -0.497 e. The van der Waals surface area contributed by atoms with E-state index in [4.69, 9.17) is 4.74 Å². The van der Waals surface area contributed by atoms with Crippen molar-refractivity contribution in [2.24, 2.45) is 5.92 Å². The second-order valence-corrected chi connectivity index (χ2v) is 9.78. The lowest BCUT2D eigenvalue weighted by atomic mass is 9.89. The summed E-state index contributed by atoms with van der Waals surface area (Å²) in [6, 6.07) is 24.9. The van der Waals surface area contributed by atoms with Crippen LogP contribution >= 0.6 is 12.4 Å². The zero-order chi connectivity index (χ0) is 27.2. The summed E-state index contributed by atoms with van der Waals surface area (Å²) in [5.41, 5.74) is 2.93. The molecular formula is C32H33ClFN3O3. The van der Waals surface area contributed by atoms with Crippen LogP contribution in [-0.2, 0) is 0 Å². The average molecular weight is 562 g/mol. The Hall–Kier alpha value is -3.94. The van der Waals surface area contributed by atoms with Crippen molar-refractivity contribution < 1.29 is 18.7 Å². The zero-order valence-electron chi connectivity index (χ0n) is 22.4. The molecular weight excluding hydrogens is 529 g/mol. The number of nitrogens with zero attached hydrogens (tertiary/aromatic N) is 3. The predicted molar refractivity (Wildman–Crippen MR) is 158 cm³/mol. The summed E-state index contributed by atoms with van der Waals surface area (Å²) in [5, 5.41) is 0. The van der Waals surface area contributed by atoms with E-state index in [1.165, 1.54) is 12.1 Å². The van der Waals surface area contributed by atoms with Crippen LogP contribution in [0.2, 0.25) is 0 Å². The molecule has 1 aromatic heterocycles. The number of Topliss-reactive ketones (excluding diaryl/α,β-unsaturated/α-hetero) is 1. The molecule has 1 saturated heterocycles. The zero-order valence-corrected chi connectivity index (χ0v) is 23.2. The largest absolute Gasteiger partial charge is 0.497 e. The quantitative estimate of drug-likeness (QED) is 0.225. The number of halogens is 2. The van der Waals surface area contributed by atoms with E-state index in [1.807, 2.05) is 77.6 Å². The standard InChI is InChI=1S/C32H32FN3O3.ClH/c1-39-30-6-4-5-29(23-30)36(32(38)26-9-13-28(14-10-26)35-17-2-3-18-35)22-21-34-19-15-25(16-20-34)31(37)24-7-11-27(33)12-8-24;/h2-14,17-18,23,25H,15-16,19-22H2,1H3;1H. The topological polar surface area (TPSA) is 54.8 Å². The molecule has 0 aliphatic carbocycles. The molecule has 1 aliphatic heterocycles. The van der Waals surface area contributed by atoms with E-state index in [0.29, 0.717) is 30.0 Å². The number of methoxy groups -OCH3 is 1. The third kappa shape index (κ3) is 6.79. The van der Waals surface area contributed by atoms with Gasteiger partial charge in [0.15, 0.2) is 5.78 Å². The van der Waals surface area contributed by atoms with E-state index in [9.17, 15) is 14.0 Å². The van der Waals surface area contributed by atoms with Gasteiger partial charge in [0.05, 0.1) is 7.11 Å². The number of hydrogen-bond acceptors (Lipinski definition) is 4. The van der Waals surface area contributed by atoms with Crippen molar-refractivity contribution in [1.29, 1.82) is 0 Å². The Labute approximate surface area is 240 Å². The molecule has 6 nitrogen and oxygen atoms in total. The first-order valence-electron chi connectivity index (χ1n) is 13.2. The Kier molecular flexibility index (Phi) is 9.74. The summed E-state index contributed by atoms with van der Waals surface area (Å²) in [5.74, 6) is 0.276. The summed E-state index contributed by atoms with van der Waals surface area (Å²) in [6.07, 6.45) is 5.42. The third-order valence-corrected chi connectivity index (χ3v) is 7.35. The van der Waals surface area contributed by atoms with Crippen molar-refractivity contribution in [3.63, 3.8) is 0 Å². The molecule has 1 amide bonds. The van der Waals surface area contributed by atoms with E-state index in [-0.39, 0.29) is 35.8 Å². The first kappa shape index (κ1) is 29.1. The van der Waals surface area contributed by atoms with Gasteiger partial charge in [-0.15, -0.1) is 12.4 Å². The molecule has 2 heterocycles. The summed E-state index contributed by atoms with van der Waals surface area (Å²) < 4.78 is 20.7. The average Bonchev–Trinajstić information content (AvgIpc) is 3.53. The van der Waals surface area contributed by atoms with Gasteiger partial charge in [-0.2, -0.15) is 0 Å². The highest BCUT2D eigenvalue weighted by Crippen LogP contribution is 2.25. The summed E-state index contributed by atoms with van der Waals surface area (Å²) in [4.78, 5) is 30.7. The normalized spacial score (nSPS) is 13.8. The molecule has 4 aromatic rings. The molecule has 0 N–H and O–H groups in total. The lowest BCUT2D eigenvalue weighted by Gasteiger charge is -2.33. The highest BCUT2D eigenvalue weighted by molar-refractivity contribution is 6.06. The number of piperidine rings is 1. The molecule has 0 spiro atoms. The van der Waals surface area contributed by atoms with Gasteiger partial charge >= 0.3 is 0 Å². The van der Waals surface area contributed by atoms with E-state index < -0.39 is 0 Å². The maximum absolute atomic E-state index is 13.7. The predicted octanol–water partition coefficient (Wildman–Crippen LogP) is 6.29. The monoisotopic (exact) mass is 561 g/mol. The highest BCUT2D eigenvalue weighted by Gasteiger charge is 2.27. The number of hydrogen-bond donors (Lipinski definition) is 0. The van der Waals surface area contributed by atoms with Crippen molar-refractivity contribution in [2.45, 2.75) is 12.8 Å². The van der Waals surface area contributed by atoms with Crippen molar-refractivity contribution in [3.8, 4) is 11.4 Å². The van der Waals surface area contributed by atoms with Gasteiger partial charge in [-0.25, -0.2) is 4.39 Å². The van der Waals surface area contributed by atoms with Gasteiger partial charge in [-0.1, -0.05) is 6.07 Å². The molecule has 40 heavy (non-hydrogen) atoms. The van der Waals surface area contributed by atoms with E-state index >= 15 is 0 Å². The Morgan fingerprint density at radius 1 is 0.900 bits per heavy atom. The summed E-state index contributed by atoms with van der Waals surface area (Å²) in [6.45, 7) is 2.72. The maximum atomic E-state index is 13.7. The van der Waals surface area contributed by atoms with Crippen LogP contribution in [0.1, 0.15) is 33.6 Å². The summed E-state index contributed by atoms with van der Waals surface area (Å²) in [7, 11) is 1.61. The van der Waals surface area contributed by atoms with Crippen LogP contribution < -0.4 is 9.64 Å². The number of aromatic nitrogens is 1. The van der Waals surface area contributed by atoms with Crippen LogP contribution in [-0.4, -0.2) is 54.4 Å². The van der Waals surface area contributed by atoms with Crippen molar-refractivity contribution in [1.82, 2.24) is 9.47 Å². The van der Waals surface area contributed by atoms with Gasteiger partial charge in [-0.05, 0) is 98.7 Å². The van der Waals surface area contributed by atoms with Gasteiger partial charge in [0.1, 0.15) is 11.6 Å².